The monoisotopic (exact) mass is 258 g/mol. The predicted molar refractivity (Wildman–Crippen MR) is 72.7 cm³/mol. The fourth-order valence-corrected chi connectivity index (χ4v) is 2.09. The van der Waals surface area contributed by atoms with Gasteiger partial charge in [-0.15, -0.1) is 0 Å². The van der Waals surface area contributed by atoms with E-state index in [1.807, 2.05) is 31.7 Å². The highest BCUT2D eigenvalue weighted by Crippen LogP contribution is 2.26. The van der Waals surface area contributed by atoms with Crippen LogP contribution < -0.4 is 10.2 Å². The molecule has 2 rings (SSSR count). The molecule has 1 aliphatic rings. The minimum atomic E-state index is -0.00347. The highest BCUT2D eigenvalue weighted by atomic mass is 16.2. The van der Waals surface area contributed by atoms with Crippen molar-refractivity contribution in [1.82, 2.24) is 10.3 Å². The van der Waals surface area contributed by atoms with Gasteiger partial charge in [-0.2, -0.15) is 5.26 Å². The van der Waals surface area contributed by atoms with Crippen LogP contribution in [0.2, 0.25) is 0 Å². The van der Waals surface area contributed by atoms with Crippen LogP contribution in [-0.2, 0) is 4.79 Å². The number of hydrogen-bond donors (Lipinski definition) is 1. The third kappa shape index (κ3) is 2.84. The average molecular weight is 258 g/mol. The largest absolute Gasteiger partial charge is 0.354 e. The number of anilines is 1. The van der Waals surface area contributed by atoms with E-state index in [4.69, 9.17) is 5.26 Å². The fourth-order valence-electron chi connectivity index (χ4n) is 2.09. The first-order valence-electron chi connectivity index (χ1n) is 6.44. The van der Waals surface area contributed by atoms with Crippen molar-refractivity contribution >= 4 is 11.7 Å². The zero-order valence-electron chi connectivity index (χ0n) is 11.5. The molecule has 5 nitrogen and oxygen atoms in total. The molecule has 1 fully saturated rings. The summed E-state index contributed by atoms with van der Waals surface area (Å²) in [5, 5.41) is 12.0. The number of nitrogens with zero attached hydrogens (tertiary/aromatic N) is 3. The van der Waals surface area contributed by atoms with E-state index >= 15 is 0 Å². The third-order valence-corrected chi connectivity index (χ3v) is 3.12. The van der Waals surface area contributed by atoms with E-state index in [9.17, 15) is 4.79 Å². The molecule has 2 heterocycles. The number of aryl methyl sites for hydroxylation is 1. The second kappa shape index (κ2) is 5.27. The first-order valence-corrected chi connectivity index (χ1v) is 6.44. The standard InChI is InChI=1S/C14H18N4O/c1-9(2)16-14(19)12-7-18(8-12)13-11(6-15)5-4-10(3)17-13/h4-5,9,12H,7-8H2,1-3H3,(H,16,19). The Morgan fingerprint density at radius 3 is 2.79 bits per heavy atom. The van der Waals surface area contributed by atoms with Gasteiger partial charge >= 0.3 is 0 Å². The summed E-state index contributed by atoms with van der Waals surface area (Å²) in [5.74, 6) is 0.768. The smallest absolute Gasteiger partial charge is 0.226 e. The Balaban J connectivity index is 2.03. The molecular weight excluding hydrogens is 240 g/mol. The summed E-state index contributed by atoms with van der Waals surface area (Å²) < 4.78 is 0. The van der Waals surface area contributed by atoms with Crippen molar-refractivity contribution in [3.8, 4) is 6.07 Å². The Hall–Kier alpha value is -2.09. The molecule has 1 aromatic rings. The molecule has 0 aromatic carbocycles. The van der Waals surface area contributed by atoms with Gasteiger partial charge in [-0.25, -0.2) is 4.98 Å². The summed E-state index contributed by atoms with van der Waals surface area (Å²) in [5.41, 5.74) is 1.44. The number of amides is 1. The zero-order valence-corrected chi connectivity index (χ0v) is 11.5. The number of rotatable bonds is 3. The quantitative estimate of drug-likeness (QED) is 0.885. The van der Waals surface area contributed by atoms with Crippen molar-refractivity contribution in [2.24, 2.45) is 5.92 Å². The highest BCUT2D eigenvalue weighted by Gasteiger charge is 2.34. The summed E-state index contributed by atoms with van der Waals surface area (Å²) >= 11 is 0. The van der Waals surface area contributed by atoms with Crippen molar-refractivity contribution < 1.29 is 4.79 Å². The van der Waals surface area contributed by atoms with Crippen LogP contribution in [0.15, 0.2) is 12.1 Å². The first-order chi connectivity index (χ1) is 9.01. The van der Waals surface area contributed by atoms with Gasteiger partial charge < -0.3 is 10.2 Å². The molecular formula is C14H18N4O. The molecule has 19 heavy (non-hydrogen) atoms. The first kappa shape index (κ1) is 13.3. The normalized spacial score (nSPS) is 15.0. The second-order valence-corrected chi connectivity index (χ2v) is 5.20. The number of nitriles is 1. The molecule has 1 N–H and O–H groups in total. The van der Waals surface area contributed by atoms with Crippen molar-refractivity contribution in [2.45, 2.75) is 26.8 Å². The maximum Gasteiger partial charge on any atom is 0.226 e. The minimum Gasteiger partial charge on any atom is -0.354 e. The van der Waals surface area contributed by atoms with Crippen LogP contribution in [0, 0.1) is 24.2 Å². The molecule has 0 bridgehead atoms. The molecule has 0 unspecified atom stereocenters. The van der Waals surface area contributed by atoms with Crippen LogP contribution in [0.3, 0.4) is 0 Å². The molecule has 0 radical (unpaired) electrons. The van der Waals surface area contributed by atoms with Gasteiger partial charge in [-0.3, -0.25) is 4.79 Å². The van der Waals surface area contributed by atoms with Crippen LogP contribution in [-0.4, -0.2) is 30.0 Å². The Morgan fingerprint density at radius 2 is 2.21 bits per heavy atom. The molecule has 0 atom stereocenters. The van der Waals surface area contributed by atoms with Crippen molar-refractivity contribution in [3.05, 3.63) is 23.4 Å². The van der Waals surface area contributed by atoms with Crippen molar-refractivity contribution in [3.63, 3.8) is 0 Å². The second-order valence-electron chi connectivity index (χ2n) is 5.20. The molecule has 5 heteroatoms. The number of carbonyl (C=O) groups is 1. The van der Waals surface area contributed by atoms with Gasteiger partial charge in [0.2, 0.25) is 5.91 Å². The topological polar surface area (TPSA) is 69.0 Å². The summed E-state index contributed by atoms with van der Waals surface area (Å²) in [7, 11) is 0. The lowest BCUT2D eigenvalue weighted by molar-refractivity contribution is -0.126. The van der Waals surface area contributed by atoms with Crippen LogP contribution in [0.1, 0.15) is 25.1 Å². The Labute approximate surface area is 113 Å². The molecule has 0 saturated carbocycles. The zero-order chi connectivity index (χ0) is 14.0. The fraction of sp³-hybridized carbons (Fsp3) is 0.500. The van der Waals surface area contributed by atoms with Gasteiger partial charge in [0.05, 0.1) is 11.5 Å². The van der Waals surface area contributed by atoms with Gasteiger partial charge in [0, 0.05) is 24.8 Å². The average Bonchev–Trinajstić information content (AvgIpc) is 2.26. The van der Waals surface area contributed by atoms with Gasteiger partial charge in [0.25, 0.3) is 0 Å². The lowest BCUT2D eigenvalue weighted by atomic mass is 9.98. The van der Waals surface area contributed by atoms with Gasteiger partial charge in [0.1, 0.15) is 11.9 Å². The van der Waals surface area contributed by atoms with E-state index in [-0.39, 0.29) is 17.9 Å². The summed E-state index contributed by atoms with van der Waals surface area (Å²) in [6.45, 7) is 7.05. The van der Waals surface area contributed by atoms with E-state index in [1.165, 1.54) is 0 Å². The lowest BCUT2D eigenvalue weighted by Crippen LogP contribution is -2.55. The molecule has 0 aliphatic carbocycles. The van der Waals surface area contributed by atoms with Gasteiger partial charge in [-0.1, -0.05) is 0 Å². The maximum atomic E-state index is 11.8. The minimum absolute atomic E-state index is 0.00347. The summed E-state index contributed by atoms with van der Waals surface area (Å²) in [6.07, 6.45) is 0. The third-order valence-electron chi connectivity index (χ3n) is 3.12. The number of pyridine rings is 1. The molecule has 1 aromatic heterocycles. The number of nitrogens with one attached hydrogen (secondary N) is 1. The Bertz CT molecular complexity index is 527. The van der Waals surface area contributed by atoms with E-state index in [1.54, 1.807) is 6.07 Å². The Kier molecular flexibility index (Phi) is 3.70. The molecule has 100 valence electrons. The Morgan fingerprint density at radius 1 is 1.53 bits per heavy atom. The van der Waals surface area contributed by atoms with Crippen LogP contribution in [0.5, 0.6) is 0 Å². The lowest BCUT2D eigenvalue weighted by Gasteiger charge is -2.39. The number of aromatic nitrogens is 1. The van der Waals surface area contributed by atoms with Crippen LogP contribution >= 0.6 is 0 Å². The van der Waals surface area contributed by atoms with Gasteiger partial charge in [-0.05, 0) is 32.9 Å². The van der Waals surface area contributed by atoms with E-state index in [2.05, 4.69) is 16.4 Å². The summed E-state index contributed by atoms with van der Waals surface area (Å²) in [6, 6.07) is 5.91. The van der Waals surface area contributed by atoms with Crippen LogP contribution in [0.25, 0.3) is 0 Å². The van der Waals surface area contributed by atoms with Crippen molar-refractivity contribution in [2.75, 3.05) is 18.0 Å². The molecule has 0 spiro atoms. The summed E-state index contributed by atoms with van der Waals surface area (Å²) in [4.78, 5) is 18.2. The van der Waals surface area contributed by atoms with Gasteiger partial charge in [0.15, 0.2) is 0 Å². The SMILES string of the molecule is Cc1ccc(C#N)c(N2CC(C(=O)NC(C)C)C2)n1. The van der Waals surface area contributed by atoms with E-state index < -0.39 is 0 Å². The number of hydrogen-bond acceptors (Lipinski definition) is 4. The highest BCUT2D eigenvalue weighted by molar-refractivity contribution is 5.82. The molecule has 1 amide bonds. The van der Waals surface area contributed by atoms with E-state index in [0.29, 0.717) is 24.5 Å². The van der Waals surface area contributed by atoms with E-state index in [0.717, 1.165) is 5.69 Å². The maximum absolute atomic E-state index is 11.8. The molecule has 1 aliphatic heterocycles. The van der Waals surface area contributed by atoms with Crippen LogP contribution in [0.4, 0.5) is 5.82 Å². The predicted octanol–water partition coefficient (Wildman–Crippen LogP) is 1.22. The van der Waals surface area contributed by atoms with Crippen molar-refractivity contribution in [1.29, 1.82) is 5.26 Å². The number of carbonyl (C=O) groups excluding carboxylic acids is 1. The molecule has 1 saturated heterocycles.